The molecule has 0 radical (unpaired) electrons. The highest BCUT2D eigenvalue weighted by molar-refractivity contribution is 4.99. The monoisotopic (exact) mass is 179 g/mol. The average molecular weight is 179 g/mol. The predicted octanol–water partition coefficient (Wildman–Crippen LogP) is 1.17. The number of fused-ring (bicyclic) bond motifs is 2. The molecule has 2 heteroatoms. The van der Waals surface area contributed by atoms with Gasteiger partial charge < -0.3 is 10.1 Å². The van der Waals surface area contributed by atoms with Crippen LogP contribution in [0.15, 0.2) is 0 Å². The third kappa shape index (κ3) is 1.59. The molecule has 4 atom stereocenters. The number of hydrogen-bond donors (Lipinski definition) is 1. The molecule has 0 amide bonds. The normalized spacial score (nSPS) is 38.9. The van der Waals surface area contributed by atoms with Gasteiger partial charge in [0.05, 0.1) is 12.2 Å². The number of ether oxygens (including phenoxy) is 1. The highest BCUT2D eigenvalue weighted by Crippen LogP contribution is 2.40. The van der Waals surface area contributed by atoms with Crippen molar-refractivity contribution in [1.29, 1.82) is 0 Å². The molecule has 2 aliphatic heterocycles. The van der Waals surface area contributed by atoms with Crippen LogP contribution in [0, 0.1) is 18.3 Å². The van der Waals surface area contributed by atoms with E-state index in [1.807, 2.05) is 7.05 Å². The van der Waals surface area contributed by atoms with Crippen molar-refractivity contribution < 1.29 is 4.74 Å². The van der Waals surface area contributed by atoms with Crippen LogP contribution in [0.5, 0.6) is 0 Å². The van der Waals surface area contributed by atoms with Crippen LogP contribution in [0.2, 0.25) is 0 Å². The van der Waals surface area contributed by atoms with Gasteiger partial charge in [0.25, 0.3) is 0 Å². The van der Waals surface area contributed by atoms with Gasteiger partial charge in [-0.3, -0.25) is 0 Å². The summed E-state index contributed by atoms with van der Waals surface area (Å²) in [7, 11) is 1.99. The van der Waals surface area contributed by atoms with E-state index in [1.54, 1.807) is 0 Å². The molecule has 2 aliphatic rings. The highest BCUT2D eigenvalue weighted by Gasteiger charge is 2.43. The Balaban J connectivity index is 1.96. The molecule has 13 heavy (non-hydrogen) atoms. The Morgan fingerprint density at radius 2 is 2.46 bits per heavy atom. The summed E-state index contributed by atoms with van der Waals surface area (Å²) in [5.74, 6) is 3.39. The molecule has 2 heterocycles. The van der Waals surface area contributed by atoms with Gasteiger partial charge in [-0.1, -0.05) is 0 Å². The Hall–Kier alpha value is -0.520. The van der Waals surface area contributed by atoms with Crippen LogP contribution in [-0.4, -0.2) is 25.3 Å². The second-order valence-corrected chi connectivity index (χ2v) is 4.08. The maximum Gasteiger partial charge on any atom is 0.0624 e. The van der Waals surface area contributed by atoms with Crippen molar-refractivity contribution >= 4 is 0 Å². The summed E-state index contributed by atoms with van der Waals surface area (Å²) in [6.07, 6.45) is 10.9. The van der Waals surface area contributed by atoms with Crippen LogP contribution >= 0.6 is 0 Å². The molecule has 0 aromatic carbocycles. The molecule has 2 nitrogen and oxygen atoms in total. The van der Waals surface area contributed by atoms with Crippen molar-refractivity contribution in [2.45, 2.75) is 43.9 Å². The first-order chi connectivity index (χ1) is 6.35. The lowest BCUT2D eigenvalue weighted by molar-refractivity contribution is 0.0867. The third-order valence-electron chi connectivity index (χ3n) is 3.38. The lowest BCUT2D eigenvalue weighted by atomic mass is 9.83. The summed E-state index contributed by atoms with van der Waals surface area (Å²) in [5, 5.41) is 3.31. The summed E-state index contributed by atoms with van der Waals surface area (Å²) < 4.78 is 5.81. The first-order valence-corrected chi connectivity index (χ1v) is 5.11. The maximum absolute atomic E-state index is 5.81. The lowest BCUT2D eigenvalue weighted by Crippen LogP contribution is -2.38. The molecule has 0 spiro atoms. The highest BCUT2D eigenvalue weighted by atomic mass is 16.5. The van der Waals surface area contributed by atoms with Crippen molar-refractivity contribution in [3.05, 3.63) is 0 Å². The van der Waals surface area contributed by atoms with Crippen molar-refractivity contribution in [2.24, 2.45) is 5.92 Å². The minimum Gasteiger partial charge on any atom is -0.375 e. The Morgan fingerprint density at radius 3 is 2.92 bits per heavy atom. The van der Waals surface area contributed by atoms with Crippen molar-refractivity contribution in [3.63, 3.8) is 0 Å². The minimum atomic E-state index is 0.459. The molecule has 2 bridgehead atoms. The van der Waals surface area contributed by atoms with Gasteiger partial charge in [-0.05, 0) is 26.3 Å². The van der Waals surface area contributed by atoms with E-state index in [1.165, 1.54) is 19.3 Å². The number of nitrogens with one attached hydrogen (secondary N) is 1. The van der Waals surface area contributed by atoms with Gasteiger partial charge in [0.2, 0.25) is 0 Å². The molecule has 2 rings (SSSR count). The second kappa shape index (κ2) is 3.69. The summed E-state index contributed by atoms with van der Waals surface area (Å²) in [5.41, 5.74) is 0. The zero-order valence-corrected chi connectivity index (χ0v) is 8.12. The van der Waals surface area contributed by atoms with Crippen molar-refractivity contribution in [3.8, 4) is 12.3 Å². The Morgan fingerprint density at radius 1 is 1.62 bits per heavy atom. The van der Waals surface area contributed by atoms with Crippen LogP contribution in [0.4, 0.5) is 0 Å². The van der Waals surface area contributed by atoms with Gasteiger partial charge >= 0.3 is 0 Å². The molecule has 0 aromatic heterocycles. The largest absolute Gasteiger partial charge is 0.375 e. The van der Waals surface area contributed by atoms with Crippen LogP contribution in [-0.2, 0) is 4.74 Å². The van der Waals surface area contributed by atoms with Gasteiger partial charge in [0.1, 0.15) is 0 Å². The van der Waals surface area contributed by atoms with E-state index >= 15 is 0 Å². The summed E-state index contributed by atoms with van der Waals surface area (Å²) >= 11 is 0. The first-order valence-electron chi connectivity index (χ1n) is 5.11. The fourth-order valence-corrected chi connectivity index (χ4v) is 2.70. The summed E-state index contributed by atoms with van der Waals surface area (Å²) in [6.45, 7) is 0. The average Bonchev–Trinajstić information content (AvgIpc) is 2.74. The zero-order chi connectivity index (χ0) is 9.26. The minimum absolute atomic E-state index is 0.459. The lowest BCUT2D eigenvalue weighted by Gasteiger charge is -2.26. The van der Waals surface area contributed by atoms with Crippen LogP contribution < -0.4 is 5.32 Å². The standard InChI is InChI=1S/C11H17NO/c1-3-4-10(12-2)9-7-8-5-6-11(9)13-8/h1,8-12H,4-7H2,2H3. The molecule has 0 aliphatic carbocycles. The summed E-state index contributed by atoms with van der Waals surface area (Å²) in [4.78, 5) is 0. The van der Waals surface area contributed by atoms with E-state index in [2.05, 4.69) is 11.2 Å². The molecule has 4 unspecified atom stereocenters. The van der Waals surface area contributed by atoms with Crippen LogP contribution in [0.3, 0.4) is 0 Å². The Kier molecular flexibility index (Phi) is 2.57. The maximum atomic E-state index is 5.81. The Bertz CT molecular complexity index is 221. The van der Waals surface area contributed by atoms with Crippen LogP contribution in [0.25, 0.3) is 0 Å². The topological polar surface area (TPSA) is 21.3 Å². The van der Waals surface area contributed by atoms with E-state index in [0.29, 0.717) is 24.2 Å². The van der Waals surface area contributed by atoms with Gasteiger partial charge in [-0.25, -0.2) is 0 Å². The fraction of sp³-hybridized carbons (Fsp3) is 0.818. The SMILES string of the molecule is C#CCC(NC)C1CC2CCC1O2. The smallest absolute Gasteiger partial charge is 0.0624 e. The van der Waals surface area contributed by atoms with E-state index in [0.717, 1.165) is 6.42 Å². The van der Waals surface area contributed by atoms with Crippen LogP contribution in [0.1, 0.15) is 25.7 Å². The van der Waals surface area contributed by atoms with E-state index in [-0.39, 0.29) is 0 Å². The first kappa shape index (κ1) is 9.05. The molecule has 72 valence electrons. The van der Waals surface area contributed by atoms with Crippen molar-refractivity contribution in [2.75, 3.05) is 7.05 Å². The molecular formula is C11H17NO. The molecule has 1 N–H and O–H groups in total. The predicted molar refractivity (Wildman–Crippen MR) is 52.3 cm³/mol. The number of terminal acetylenes is 1. The van der Waals surface area contributed by atoms with Crippen molar-refractivity contribution in [1.82, 2.24) is 5.32 Å². The summed E-state index contributed by atoms with van der Waals surface area (Å²) in [6, 6.07) is 0.459. The number of rotatable bonds is 3. The molecule has 0 aromatic rings. The second-order valence-electron chi connectivity index (χ2n) is 4.08. The van der Waals surface area contributed by atoms with E-state index < -0.39 is 0 Å². The van der Waals surface area contributed by atoms with Gasteiger partial charge in [0.15, 0.2) is 0 Å². The molecule has 0 saturated carbocycles. The quantitative estimate of drug-likeness (QED) is 0.657. The van der Waals surface area contributed by atoms with Gasteiger partial charge in [0, 0.05) is 18.4 Å². The molecule has 2 fully saturated rings. The Labute approximate surface area is 80.0 Å². The molecular weight excluding hydrogens is 162 g/mol. The van der Waals surface area contributed by atoms with E-state index in [4.69, 9.17) is 11.2 Å². The van der Waals surface area contributed by atoms with E-state index in [9.17, 15) is 0 Å². The van der Waals surface area contributed by atoms with Gasteiger partial charge in [-0.15, -0.1) is 12.3 Å². The zero-order valence-electron chi connectivity index (χ0n) is 8.12. The molecule has 2 saturated heterocycles. The number of hydrogen-bond acceptors (Lipinski definition) is 2. The van der Waals surface area contributed by atoms with Gasteiger partial charge in [-0.2, -0.15) is 0 Å². The fourth-order valence-electron chi connectivity index (χ4n) is 2.70. The third-order valence-corrected chi connectivity index (χ3v) is 3.38.